The molecule has 0 radical (unpaired) electrons. The van der Waals surface area contributed by atoms with Gasteiger partial charge in [-0.1, -0.05) is 6.07 Å². The molecule has 72 valence electrons. The second-order valence-corrected chi connectivity index (χ2v) is 3.35. The van der Waals surface area contributed by atoms with Crippen molar-refractivity contribution in [3.05, 3.63) is 45.6 Å². The van der Waals surface area contributed by atoms with Gasteiger partial charge in [0.05, 0.1) is 6.20 Å². The molecule has 2 heterocycles. The van der Waals surface area contributed by atoms with Gasteiger partial charge in [-0.05, 0) is 36.5 Å². The van der Waals surface area contributed by atoms with Gasteiger partial charge >= 0.3 is 5.82 Å². The van der Waals surface area contributed by atoms with Crippen LogP contribution in [0.1, 0.15) is 11.1 Å². The van der Waals surface area contributed by atoms with Gasteiger partial charge in [0.1, 0.15) is 5.52 Å². The van der Waals surface area contributed by atoms with Gasteiger partial charge in [-0.3, -0.25) is 0 Å². The standard InChI is InChI=1S/C10H10N2O2/c1-7-4-3-5-11-9(7)6-8(2)10(11)12(13)14/h3-6H,1-2H3. The molecule has 0 fully saturated rings. The lowest BCUT2D eigenvalue weighted by Gasteiger charge is -1.96. The molecular formula is C10H10N2O2. The lowest BCUT2D eigenvalue weighted by atomic mass is 10.2. The van der Waals surface area contributed by atoms with Gasteiger partial charge in [-0.15, -0.1) is 0 Å². The molecule has 0 spiro atoms. The molecule has 0 amide bonds. The first-order valence-corrected chi connectivity index (χ1v) is 4.33. The van der Waals surface area contributed by atoms with Gasteiger partial charge in [0.25, 0.3) is 0 Å². The summed E-state index contributed by atoms with van der Waals surface area (Å²) in [6, 6.07) is 5.60. The largest absolute Gasteiger partial charge is 0.358 e. The Morgan fingerprint density at radius 2 is 2.07 bits per heavy atom. The predicted octanol–water partition coefficient (Wildman–Crippen LogP) is 2.46. The number of aromatic nitrogens is 1. The maximum Gasteiger partial charge on any atom is 0.331 e. The Balaban J connectivity index is 2.90. The van der Waals surface area contributed by atoms with Crippen LogP contribution in [0.4, 0.5) is 5.82 Å². The lowest BCUT2D eigenvalue weighted by molar-refractivity contribution is -0.390. The molecule has 0 aliphatic carbocycles. The summed E-state index contributed by atoms with van der Waals surface area (Å²) in [4.78, 5) is 10.4. The van der Waals surface area contributed by atoms with E-state index in [1.165, 1.54) is 0 Å². The molecule has 0 saturated heterocycles. The van der Waals surface area contributed by atoms with E-state index in [-0.39, 0.29) is 10.7 Å². The van der Waals surface area contributed by atoms with E-state index < -0.39 is 0 Å². The van der Waals surface area contributed by atoms with Crippen LogP contribution >= 0.6 is 0 Å². The first-order valence-electron chi connectivity index (χ1n) is 4.33. The summed E-state index contributed by atoms with van der Waals surface area (Å²) < 4.78 is 1.62. The third-order valence-corrected chi connectivity index (χ3v) is 2.35. The molecule has 0 aliphatic heterocycles. The Morgan fingerprint density at radius 1 is 1.36 bits per heavy atom. The van der Waals surface area contributed by atoms with Crippen molar-refractivity contribution in [3.8, 4) is 0 Å². The Kier molecular flexibility index (Phi) is 1.77. The number of fused-ring (bicyclic) bond motifs is 1. The molecule has 0 N–H and O–H groups in total. The molecule has 0 unspecified atom stereocenters. The maximum absolute atomic E-state index is 10.8. The molecule has 0 bridgehead atoms. The Hall–Kier alpha value is -1.84. The van der Waals surface area contributed by atoms with Crippen molar-refractivity contribution in [3.63, 3.8) is 0 Å². The van der Waals surface area contributed by atoms with E-state index in [1.54, 1.807) is 17.5 Å². The van der Waals surface area contributed by atoms with Crippen LogP contribution < -0.4 is 0 Å². The monoisotopic (exact) mass is 190 g/mol. The van der Waals surface area contributed by atoms with Crippen molar-refractivity contribution in [2.45, 2.75) is 13.8 Å². The van der Waals surface area contributed by atoms with Gasteiger partial charge in [-0.25, -0.2) is 0 Å². The molecule has 0 saturated carbocycles. The topological polar surface area (TPSA) is 47.5 Å². The fourth-order valence-electron chi connectivity index (χ4n) is 1.69. The second-order valence-electron chi connectivity index (χ2n) is 3.35. The van der Waals surface area contributed by atoms with Crippen LogP contribution in [0.5, 0.6) is 0 Å². The zero-order chi connectivity index (χ0) is 10.3. The minimum Gasteiger partial charge on any atom is -0.358 e. The third-order valence-electron chi connectivity index (χ3n) is 2.35. The molecule has 2 aromatic heterocycles. The predicted molar refractivity (Wildman–Crippen MR) is 53.5 cm³/mol. The molecule has 0 atom stereocenters. The van der Waals surface area contributed by atoms with E-state index in [4.69, 9.17) is 0 Å². The number of pyridine rings is 1. The van der Waals surface area contributed by atoms with Gasteiger partial charge in [0, 0.05) is 5.56 Å². The zero-order valence-corrected chi connectivity index (χ0v) is 8.02. The van der Waals surface area contributed by atoms with Crippen LogP contribution in [0, 0.1) is 24.0 Å². The summed E-state index contributed by atoms with van der Waals surface area (Å²) in [6.07, 6.45) is 1.72. The van der Waals surface area contributed by atoms with Gasteiger partial charge in [-0.2, -0.15) is 4.40 Å². The van der Waals surface area contributed by atoms with Crippen LogP contribution in [0.3, 0.4) is 0 Å². The summed E-state index contributed by atoms with van der Waals surface area (Å²) >= 11 is 0. The van der Waals surface area contributed by atoms with Crippen molar-refractivity contribution in [1.82, 2.24) is 4.40 Å². The Bertz CT molecular complexity index is 514. The van der Waals surface area contributed by atoms with Crippen LogP contribution in [0.15, 0.2) is 24.4 Å². The smallest absolute Gasteiger partial charge is 0.331 e. The molecular weight excluding hydrogens is 180 g/mol. The molecule has 14 heavy (non-hydrogen) atoms. The first-order chi connectivity index (χ1) is 6.61. The second kappa shape index (κ2) is 2.83. The van der Waals surface area contributed by atoms with Crippen molar-refractivity contribution < 1.29 is 4.92 Å². The minimum atomic E-state index is -0.345. The fraction of sp³-hybridized carbons (Fsp3) is 0.200. The van der Waals surface area contributed by atoms with Crippen LogP contribution in [0.25, 0.3) is 5.52 Å². The molecule has 2 aromatic rings. The Morgan fingerprint density at radius 3 is 2.71 bits per heavy atom. The lowest BCUT2D eigenvalue weighted by Crippen LogP contribution is -1.95. The van der Waals surface area contributed by atoms with E-state index in [1.807, 2.05) is 25.1 Å². The van der Waals surface area contributed by atoms with Gasteiger partial charge in [0.2, 0.25) is 0 Å². The highest BCUT2D eigenvalue weighted by Crippen LogP contribution is 2.24. The number of hydrogen-bond donors (Lipinski definition) is 0. The van der Waals surface area contributed by atoms with E-state index in [0.717, 1.165) is 11.1 Å². The number of hydrogen-bond acceptors (Lipinski definition) is 2. The summed E-state index contributed by atoms with van der Waals surface area (Å²) in [5, 5.41) is 10.8. The molecule has 0 aromatic carbocycles. The number of rotatable bonds is 1. The van der Waals surface area contributed by atoms with E-state index in [2.05, 4.69) is 0 Å². The third kappa shape index (κ3) is 1.08. The highest BCUT2D eigenvalue weighted by molar-refractivity contribution is 5.62. The Labute approximate surface area is 80.9 Å². The minimum absolute atomic E-state index is 0.156. The average molecular weight is 190 g/mol. The number of nitro groups is 1. The summed E-state index contributed by atoms with van der Waals surface area (Å²) in [5.41, 5.74) is 2.64. The molecule has 4 nitrogen and oxygen atoms in total. The van der Waals surface area contributed by atoms with Crippen molar-refractivity contribution in [1.29, 1.82) is 0 Å². The van der Waals surface area contributed by atoms with Crippen LogP contribution in [-0.4, -0.2) is 9.32 Å². The average Bonchev–Trinajstić information content (AvgIpc) is 2.42. The van der Waals surface area contributed by atoms with Crippen LogP contribution in [0.2, 0.25) is 0 Å². The molecule has 4 heteroatoms. The van der Waals surface area contributed by atoms with E-state index in [9.17, 15) is 10.1 Å². The number of nitrogens with zero attached hydrogens (tertiary/aromatic N) is 2. The molecule has 2 rings (SSSR count). The first kappa shape index (κ1) is 8.74. The van der Waals surface area contributed by atoms with Crippen molar-refractivity contribution >= 4 is 11.3 Å². The van der Waals surface area contributed by atoms with E-state index >= 15 is 0 Å². The maximum atomic E-state index is 10.8. The highest BCUT2D eigenvalue weighted by Gasteiger charge is 2.17. The van der Waals surface area contributed by atoms with Crippen LogP contribution in [-0.2, 0) is 0 Å². The highest BCUT2D eigenvalue weighted by atomic mass is 16.6. The fourth-order valence-corrected chi connectivity index (χ4v) is 1.69. The number of aryl methyl sites for hydroxylation is 2. The van der Waals surface area contributed by atoms with E-state index in [0.29, 0.717) is 5.56 Å². The SMILES string of the molecule is Cc1cc2c(C)cccn2c1[N+](=O)[O-]. The summed E-state index contributed by atoms with van der Waals surface area (Å²) in [5.74, 6) is 0.156. The summed E-state index contributed by atoms with van der Waals surface area (Å²) in [7, 11) is 0. The van der Waals surface area contributed by atoms with Gasteiger partial charge in [0.15, 0.2) is 0 Å². The zero-order valence-electron chi connectivity index (χ0n) is 8.02. The summed E-state index contributed by atoms with van der Waals surface area (Å²) in [6.45, 7) is 3.70. The van der Waals surface area contributed by atoms with Crippen molar-refractivity contribution in [2.75, 3.05) is 0 Å². The quantitative estimate of drug-likeness (QED) is 0.512. The molecule has 0 aliphatic rings. The normalized spacial score (nSPS) is 10.7. The van der Waals surface area contributed by atoms with Crippen molar-refractivity contribution in [2.24, 2.45) is 0 Å². The van der Waals surface area contributed by atoms with Gasteiger partial charge < -0.3 is 10.1 Å².